The number of fused-ring (bicyclic) bond motifs is 6. The summed E-state index contributed by atoms with van der Waals surface area (Å²) in [7, 11) is 5.04. The van der Waals surface area contributed by atoms with Gasteiger partial charge in [-0.2, -0.15) is 0 Å². The number of hydrogen-bond donors (Lipinski definition) is 5. The highest BCUT2D eigenvalue weighted by Gasteiger charge is 2.76. The first-order chi connectivity index (χ1) is 25.9. The van der Waals surface area contributed by atoms with Crippen LogP contribution in [-0.4, -0.2) is 131 Å². The summed E-state index contributed by atoms with van der Waals surface area (Å²) < 4.78 is 12.3. The molecule has 1 saturated carbocycles. The largest absolute Gasteiger partial charge is 0.496 e. The summed E-state index contributed by atoms with van der Waals surface area (Å²) in [6.45, 7) is 7.07. The molecule has 0 amide bonds. The smallest absolute Gasteiger partial charge is 0.322 e. The number of para-hydroxylation sites is 1. The van der Waals surface area contributed by atoms with Gasteiger partial charge in [-0.05, 0) is 74.2 Å². The van der Waals surface area contributed by atoms with Crippen LogP contribution in [0.4, 0.5) is 5.69 Å². The van der Waals surface area contributed by atoms with Gasteiger partial charge in [-0.1, -0.05) is 44.2 Å². The second kappa shape index (κ2) is 12.3. The normalized spacial score (nSPS) is 39.6. The molecule has 11 nitrogen and oxygen atoms in total. The minimum atomic E-state index is -1.84. The molecule has 54 heavy (non-hydrogen) atoms. The zero-order valence-corrected chi connectivity index (χ0v) is 32.3. The zero-order chi connectivity index (χ0) is 38.0. The van der Waals surface area contributed by atoms with Gasteiger partial charge >= 0.3 is 5.97 Å². The fourth-order valence-electron chi connectivity index (χ4n) is 13.1. The first-order valence-corrected chi connectivity index (χ1v) is 19.9. The number of anilines is 1. The number of rotatable bonds is 6. The number of ether oxygens (including phenoxy) is 2. The second-order valence-corrected chi connectivity index (χ2v) is 17.4. The number of aliphatic hydroxyl groups excluding tert-OH is 2. The van der Waals surface area contributed by atoms with E-state index >= 15 is 4.79 Å². The summed E-state index contributed by atoms with van der Waals surface area (Å²) in [5.41, 5.74) is -0.260. The lowest BCUT2D eigenvalue weighted by atomic mass is 9.48. The Balaban J connectivity index is 1.36. The second-order valence-electron chi connectivity index (χ2n) is 17.4. The van der Waals surface area contributed by atoms with Gasteiger partial charge in [0.1, 0.15) is 16.8 Å². The van der Waals surface area contributed by atoms with Gasteiger partial charge in [0.05, 0.1) is 38.6 Å². The lowest BCUT2D eigenvalue weighted by Gasteiger charge is -2.64. The molecule has 1 aromatic heterocycles. The fraction of sp³-hybridized carbons (Fsp3) is 0.605. The Morgan fingerprint density at radius 2 is 1.83 bits per heavy atom. The molecule has 290 valence electrons. The summed E-state index contributed by atoms with van der Waals surface area (Å²) in [5.74, 6) is 0.0845. The van der Waals surface area contributed by atoms with Crippen molar-refractivity contribution in [2.75, 3.05) is 65.5 Å². The summed E-state index contributed by atoms with van der Waals surface area (Å²) in [4.78, 5) is 25.8. The van der Waals surface area contributed by atoms with E-state index in [1.165, 1.54) is 7.11 Å². The van der Waals surface area contributed by atoms with Crippen LogP contribution in [0.1, 0.15) is 68.3 Å². The monoisotopic (exact) mass is 740 g/mol. The number of piperidine rings is 1. The van der Waals surface area contributed by atoms with E-state index in [0.717, 1.165) is 59.6 Å². The summed E-state index contributed by atoms with van der Waals surface area (Å²) >= 11 is 0. The van der Waals surface area contributed by atoms with Gasteiger partial charge in [0.2, 0.25) is 0 Å². The third-order valence-electron chi connectivity index (χ3n) is 15.2. The van der Waals surface area contributed by atoms with Crippen LogP contribution < -0.4 is 9.64 Å². The highest BCUT2D eigenvalue weighted by molar-refractivity contribution is 5.94. The Hall–Kier alpha value is -3.45. The molecule has 10 atom stereocenters. The van der Waals surface area contributed by atoms with Gasteiger partial charge in [0.15, 0.2) is 0 Å². The van der Waals surface area contributed by atoms with Crippen molar-refractivity contribution in [2.45, 2.75) is 92.6 Å². The van der Waals surface area contributed by atoms with Gasteiger partial charge in [0, 0.05) is 84.0 Å². The molecule has 3 fully saturated rings. The van der Waals surface area contributed by atoms with Crippen molar-refractivity contribution in [3.8, 4) is 5.75 Å². The number of carbonyl (C=O) groups excluding carboxylic acids is 1. The summed E-state index contributed by atoms with van der Waals surface area (Å²) in [5, 5.41) is 49.0. The Kier molecular flexibility index (Phi) is 8.23. The molecule has 2 aromatic carbocycles. The Morgan fingerprint density at radius 3 is 2.56 bits per heavy atom. The first kappa shape index (κ1) is 36.2. The maximum Gasteiger partial charge on any atom is 0.322 e. The number of likely N-dealkylation sites (N-methyl/N-ethyl adjacent to an activating group) is 1. The maximum atomic E-state index is 15.2. The topological polar surface area (TPSA) is 142 Å². The van der Waals surface area contributed by atoms with E-state index < -0.39 is 52.2 Å². The molecule has 6 heterocycles. The number of nitrogens with one attached hydrogen (secondary N) is 1. The van der Waals surface area contributed by atoms with Crippen molar-refractivity contribution >= 4 is 22.6 Å². The standard InChI is InChI=1S/C43H56N4O7/c1-6-39(51)21-26-22-42(38(50)54-5,34-28(13-17-46(23-26)24-39)27-11-8-9-12-31(27)44-34)30-19-29-32(20-33(30)53-4)45(3)36-41(29)15-18-47-16-10-14-40(7-2,35(41)47)37(49)43(36,52)25-48/h8-12,14,19-20,26,35-37,44,48-49,51-52H,6-7,13,15-18,21-25H2,1-5H3/t26-,35+,36-,37-,39+,40-,41?,42+,43+/m1/s1. The lowest BCUT2D eigenvalue weighted by molar-refractivity contribution is -0.213. The van der Waals surface area contributed by atoms with Crippen molar-refractivity contribution in [1.29, 1.82) is 0 Å². The van der Waals surface area contributed by atoms with E-state index in [2.05, 4.69) is 52.1 Å². The summed E-state index contributed by atoms with van der Waals surface area (Å²) in [6.07, 6.45) is 6.50. The van der Waals surface area contributed by atoms with Crippen molar-refractivity contribution in [3.05, 3.63) is 70.9 Å². The molecule has 3 aromatic rings. The van der Waals surface area contributed by atoms with Crippen molar-refractivity contribution in [2.24, 2.45) is 11.3 Å². The molecule has 9 rings (SSSR count). The number of benzene rings is 2. The molecular weight excluding hydrogens is 684 g/mol. The average Bonchev–Trinajstić information content (AvgIpc) is 3.85. The minimum absolute atomic E-state index is 0.0470. The molecule has 5 aliphatic heterocycles. The van der Waals surface area contributed by atoms with Gasteiger partial charge < -0.3 is 39.8 Å². The number of carbonyl (C=O) groups is 1. The Labute approximate surface area is 317 Å². The molecule has 1 aliphatic carbocycles. The van der Waals surface area contributed by atoms with Gasteiger partial charge in [-0.25, -0.2) is 0 Å². The van der Waals surface area contributed by atoms with Crippen LogP contribution in [0.25, 0.3) is 10.9 Å². The van der Waals surface area contributed by atoms with E-state index in [1.54, 1.807) is 7.11 Å². The number of aromatic amines is 1. The minimum Gasteiger partial charge on any atom is -0.496 e. The molecule has 2 bridgehead atoms. The number of hydrogen-bond acceptors (Lipinski definition) is 10. The van der Waals surface area contributed by atoms with Gasteiger partial charge in [-0.3, -0.25) is 14.6 Å². The van der Waals surface area contributed by atoms with Crippen LogP contribution in [0.2, 0.25) is 0 Å². The summed E-state index contributed by atoms with van der Waals surface area (Å²) in [6, 6.07) is 11.6. The molecule has 6 aliphatic rings. The van der Waals surface area contributed by atoms with Crippen LogP contribution in [0.5, 0.6) is 5.75 Å². The van der Waals surface area contributed by atoms with Crippen LogP contribution in [0.15, 0.2) is 48.6 Å². The molecule has 2 saturated heterocycles. The number of nitrogens with zero attached hydrogens (tertiary/aromatic N) is 3. The van der Waals surface area contributed by atoms with E-state index in [4.69, 9.17) is 9.47 Å². The lowest BCUT2D eigenvalue weighted by Crippen LogP contribution is -2.79. The van der Waals surface area contributed by atoms with Crippen molar-refractivity contribution < 1.29 is 34.7 Å². The Morgan fingerprint density at radius 1 is 1.04 bits per heavy atom. The van der Waals surface area contributed by atoms with Gasteiger partial charge in [0.25, 0.3) is 0 Å². The fourth-order valence-corrected chi connectivity index (χ4v) is 13.1. The first-order valence-electron chi connectivity index (χ1n) is 19.9. The molecule has 5 N–H and O–H groups in total. The molecule has 2 unspecified atom stereocenters. The van der Waals surface area contributed by atoms with E-state index in [0.29, 0.717) is 56.4 Å². The zero-order valence-electron chi connectivity index (χ0n) is 32.3. The highest BCUT2D eigenvalue weighted by Crippen LogP contribution is 2.67. The van der Waals surface area contributed by atoms with Gasteiger partial charge in [-0.15, -0.1) is 0 Å². The maximum absolute atomic E-state index is 15.2. The number of methoxy groups -OCH3 is 2. The van der Waals surface area contributed by atoms with E-state index in [1.807, 2.05) is 37.1 Å². The van der Waals surface area contributed by atoms with Crippen molar-refractivity contribution in [3.63, 3.8) is 0 Å². The van der Waals surface area contributed by atoms with E-state index in [9.17, 15) is 20.4 Å². The van der Waals surface area contributed by atoms with Crippen molar-refractivity contribution in [1.82, 2.24) is 14.8 Å². The molecule has 0 radical (unpaired) electrons. The number of aliphatic hydroxyl groups is 4. The van der Waals surface area contributed by atoms with Crippen LogP contribution in [0, 0.1) is 11.3 Å². The molecule has 1 spiro atoms. The third-order valence-corrected chi connectivity index (χ3v) is 15.2. The molecular formula is C43H56N4O7. The van der Waals surface area contributed by atoms with Crippen LogP contribution in [0.3, 0.4) is 0 Å². The quantitative estimate of drug-likeness (QED) is 0.189. The number of H-pyrrole nitrogens is 1. The number of esters is 1. The average molecular weight is 741 g/mol. The van der Waals surface area contributed by atoms with Crippen LogP contribution >= 0.6 is 0 Å². The third kappa shape index (κ3) is 4.42. The predicted octanol–water partition coefficient (Wildman–Crippen LogP) is 3.24. The van der Waals surface area contributed by atoms with E-state index in [-0.39, 0.29) is 12.0 Å². The molecule has 11 heteroatoms. The predicted molar refractivity (Wildman–Crippen MR) is 206 cm³/mol. The SMILES string of the molecule is CC[C@]1(O)C[C@H]2CN(CCc3c([nH]c4ccccc34)[C@@](C(=O)OC)(c3cc4c(cc3OC)N(C)[C@@H]3C45CCN4CC=C[C@](CC)([C@H]45)[C@@H](O)[C@]3(O)CO)C2)C1. The van der Waals surface area contributed by atoms with Crippen LogP contribution in [-0.2, 0) is 26.8 Å². The Bertz CT molecular complexity index is 2030. The number of aromatic nitrogens is 1. The highest BCUT2D eigenvalue weighted by atomic mass is 16.5.